The average Bonchev–Trinajstić information content (AvgIpc) is 2.60. The first kappa shape index (κ1) is 22.2. The van der Waals surface area contributed by atoms with E-state index in [9.17, 15) is 18.0 Å². The first-order valence-corrected chi connectivity index (χ1v) is 10.2. The maximum absolute atomic E-state index is 12.2. The summed E-state index contributed by atoms with van der Waals surface area (Å²) in [6.45, 7) is 1.41. The van der Waals surface area contributed by atoms with Crippen LogP contribution in [0.3, 0.4) is 0 Å². The number of hydrogen-bond acceptors (Lipinski definition) is 5. The molecule has 1 amide bonds. The largest absolute Gasteiger partial charge is 0.449 e. The zero-order valence-corrected chi connectivity index (χ0v) is 17.6. The number of esters is 1. The van der Waals surface area contributed by atoms with Crippen LogP contribution >= 0.6 is 23.2 Å². The highest BCUT2D eigenvalue weighted by Crippen LogP contribution is 2.22. The number of carbonyl (C=O) groups is 2. The van der Waals surface area contributed by atoms with Gasteiger partial charge >= 0.3 is 5.97 Å². The number of halogens is 2. The Morgan fingerprint density at radius 1 is 1.04 bits per heavy atom. The van der Waals surface area contributed by atoms with Gasteiger partial charge in [-0.1, -0.05) is 23.2 Å². The van der Waals surface area contributed by atoms with Gasteiger partial charge in [0.05, 0.1) is 10.5 Å². The number of nitrogens with one attached hydrogen (secondary N) is 1. The van der Waals surface area contributed by atoms with E-state index in [0.29, 0.717) is 15.7 Å². The number of sulfonamides is 1. The van der Waals surface area contributed by atoms with Crippen molar-refractivity contribution >= 4 is 50.8 Å². The number of rotatable bonds is 6. The lowest BCUT2D eigenvalue weighted by molar-refractivity contribution is -0.123. The van der Waals surface area contributed by atoms with Crippen LogP contribution in [0.25, 0.3) is 0 Å². The topological polar surface area (TPSA) is 92.8 Å². The fraction of sp³-hybridized carbons (Fsp3) is 0.222. The molecule has 28 heavy (non-hydrogen) atoms. The van der Waals surface area contributed by atoms with Crippen molar-refractivity contribution in [3.63, 3.8) is 0 Å². The molecule has 7 nitrogen and oxygen atoms in total. The van der Waals surface area contributed by atoms with Crippen LogP contribution < -0.4 is 5.32 Å². The van der Waals surface area contributed by atoms with Crippen LogP contribution in [0.5, 0.6) is 0 Å². The Kier molecular flexibility index (Phi) is 7.06. The standard InChI is InChI=1S/C18H18Cl2N2O5S/c1-11(17(23)21-15-9-13(19)8-14(20)10-15)27-18(24)12-4-6-16(7-5-12)28(25,26)22(2)3/h4-11H,1-3H3,(H,21,23). The third-order valence-electron chi connectivity index (χ3n) is 3.65. The summed E-state index contributed by atoms with van der Waals surface area (Å²) in [7, 11) is -0.787. The van der Waals surface area contributed by atoms with Crippen molar-refractivity contribution in [2.75, 3.05) is 19.4 Å². The van der Waals surface area contributed by atoms with E-state index in [1.54, 1.807) is 0 Å². The molecule has 0 bridgehead atoms. The molecule has 0 saturated heterocycles. The minimum Gasteiger partial charge on any atom is -0.449 e. The van der Waals surface area contributed by atoms with E-state index >= 15 is 0 Å². The Balaban J connectivity index is 2.04. The van der Waals surface area contributed by atoms with Gasteiger partial charge in [0.2, 0.25) is 10.0 Å². The molecule has 0 spiro atoms. The second-order valence-corrected chi connectivity index (χ2v) is 9.03. The Morgan fingerprint density at radius 2 is 1.57 bits per heavy atom. The minimum atomic E-state index is -3.60. The van der Waals surface area contributed by atoms with Crippen molar-refractivity contribution in [1.29, 1.82) is 0 Å². The number of benzene rings is 2. The minimum absolute atomic E-state index is 0.0395. The summed E-state index contributed by atoms with van der Waals surface area (Å²) in [6, 6.07) is 9.76. The first-order valence-electron chi connectivity index (χ1n) is 8.01. The molecule has 0 aliphatic rings. The Morgan fingerprint density at radius 3 is 2.07 bits per heavy atom. The number of hydrogen-bond donors (Lipinski definition) is 1. The summed E-state index contributed by atoms with van der Waals surface area (Å²) in [6.07, 6.45) is -1.10. The predicted molar refractivity (Wildman–Crippen MR) is 107 cm³/mol. The highest BCUT2D eigenvalue weighted by Gasteiger charge is 2.21. The van der Waals surface area contributed by atoms with Crippen LogP contribution in [0, 0.1) is 0 Å². The fourth-order valence-electron chi connectivity index (χ4n) is 2.13. The molecule has 1 N–H and O–H groups in total. The molecular weight excluding hydrogens is 427 g/mol. The van der Waals surface area contributed by atoms with Gasteiger partial charge < -0.3 is 10.1 Å². The molecule has 1 atom stereocenters. The molecule has 10 heteroatoms. The molecule has 0 aromatic heterocycles. The smallest absolute Gasteiger partial charge is 0.338 e. The zero-order valence-electron chi connectivity index (χ0n) is 15.3. The summed E-state index contributed by atoms with van der Waals surface area (Å²) < 4.78 is 30.3. The van der Waals surface area contributed by atoms with Crippen LogP contribution in [0.2, 0.25) is 10.0 Å². The van der Waals surface area contributed by atoms with Gasteiger partial charge in [0.1, 0.15) is 0 Å². The third kappa shape index (κ3) is 5.45. The summed E-state index contributed by atoms with van der Waals surface area (Å²) >= 11 is 11.7. The van der Waals surface area contributed by atoms with E-state index in [2.05, 4.69) is 5.32 Å². The summed E-state index contributed by atoms with van der Waals surface area (Å²) in [5.41, 5.74) is 0.479. The molecule has 0 aliphatic carbocycles. The van der Waals surface area contributed by atoms with Gasteiger partial charge in [0, 0.05) is 29.8 Å². The van der Waals surface area contributed by atoms with Crippen LogP contribution in [0.4, 0.5) is 5.69 Å². The molecule has 2 aromatic rings. The molecule has 0 aliphatic heterocycles. The lowest BCUT2D eigenvalue weighted by Crippen LogP contribution is -2.30. The van der Waals surface area contributed by atoms with Crippen LogP contribution in [-0.2, 0) is 19.6 Å². The maximum Gasteiger partial charge on any atom is 0.338 e. The van der Waals surface area contributed by atoms with Gasteiger partial charge in [-0.05, 0) is 49.4 Å². The Hall–Kier alpha value is -2.13. The number of nitrogens with zero attached hydrogens (tertiary/aromatic N) is 1. The molecule has 2 rings (SSSR count). The number of anilines is 1. The van der Waals surface area contributed by atoms with Crippen LogP contribution in [0.15, 0.2) is 47.4 Å². The molecule has 2 aromatic carbocycles. The Bertz CT molecular complexity index is 971. The molecule has 150 valence electrons. The number of amides is 1. The fourth-order valence-corrected chi connectivity index (χ4v) is 3.55. The van der Waals surface area contributed by atoms with Gasteiger partial charge in [-0.25, -0.2) is 17.5 Å². The highest BCUT2D eigenvalue weighted by molar-refractivity contribution is 7.89. The van der Waals surface area contributed by atoms with Gasteiger partial charge in [-0.3, -0.25) is 4.79 Å². The van der Waals surface area contributed by atoms with Crippen LogP contribution in [0.1, 0.15) is 17.3 Å². The summed E-state index contributed by atoms with van der Waals surface area (Å²) in [5.74, 6) is -1.33. The molecular formula is C18H18Cl2N2O5S. The first-order chi connectivity index (χ1) is 13.0. The Labute approximate surface area is 173 Å². The monoisotopic (exact) mass is 444 g/mol. The van der Waals surface area contributed by atoms with E-state index in [-0.39, 0.29) is 10.5 Å². The van der Waals surface area contributed by atoms with Gasteiger partial charge in [-0.15, -0.1) is 0 Å². The molecule has 0 heterocycles. The van der Waals surface area contributed by atoms with Gasteiger partial charge in [0.25, 0.3) is 5.91 Å². The van der Waals surface area contributed by atoms with Crippen molar-refractivity contribution < 1.29 is 22.7 Å². The molecule has 0 fully saturated rings. The van der Waals surface area contributed by atoms with E-state index < -0.39 is 28.0 Å². The number of ether oxygens (including phenoxy) is 1. The third-order valence-corrected chi connectivity index (χ3v) is 5.92. The van der Waals surface area contributed by atoms with Crippen LogP contribution in [-0.4, -0.2) is 44.8 Å². The SMILES string of the molecule is CC(OC(=O)c1ccc(S(=O)(=O)N(C)C)cc1)C(=O)Nc1cc(Cl)cc(Cl)c1. The average molecular weight is 445 g/mol. The van der Waals surface area contributed by atoms with Crippen molar-refractivity contribution in [2.45, 2.75) is 17.9 Å². The normalized spacial score (nSPS) is 12.5. The van der Waals surface area contributed by atoms with E-state index in [1.807, 2.05) is 0 Å². The van der Waals surface area contributed by atoms with E-state index in [4.69, 9.17) is 27.9 Å². The predicted octanol–water partition coefficient (Wildman–Crippen LogP) is 3.43. The van der Waals surface area contributed by atoms with Crippen molar-refractivity contribution in [3.8, 4) is 0 Å². The second-order valence-electron chi connectivity index (χ2n) is 6.01. The maximum atomic E-state index is 12.2. The van der Waals surface area contributed by atoms with E-state index in [0.717, 1.165) is 4.31 Å². The lowest BCUT2D eigenvalue weighted by Gasteiger charge is -2.14. The zero-order chi connectivity index (χ0) is 21.1. The van der Waals surface area contributed by atoms with Crippen molar-refractivity contribution in [1.82, 2.24) is 4.31 Å². The number of carbonyl (C=O) groups excluding carboxylic acids is 2. The molecule has 1 unspecified atom stereocenters. The van der Waals surface area contributed by atoms with E-state index in [1.165, 1.54) is 63.5 Å². The molecule has 0 saturated carbocycles. The van der Waals surface area contributed by atoms with Gasteiger partial charge in [0.15, 0.2) is 6.10 Å². The summed E-state index contributed by atoms with van der Waals surface area (Å²) in [4.78, 5) is 24.5. The summed E-state index contributed by atoms with van der Waals surface area (Å²) in [5, 5.41) is 3.25. The van der Waals surface area contributed by atoms with Crippen molar-refractivity contribution in [2.24, 2.45) is 0 Å². The van der Waals surface area contributed by atoms with Gasteiger partial charge in [-0.2, -0.15) is 0 Å². The van der Waals surface area contributed by atoms with Crippen molar-refractivity contribution in [3.05, 3.63) is 58.1 Å². The lowest BCUT2D eigenvalue weighted by atomic mass is 10.2. The second kappa shape index (κ2) is 8.91. The molecule has 0 radical (unpaired) electrons. The highest BCUT2D eigenvalue weighted by atomic mass is 35.5. The quantitative estimate of drug-likeness (QED) is 0.688.